The second-order valence-corrected chi connectivity index (χ2v) is 3.71. The van der Waals surface area contributed by atoms with Gasteiger partial charge >= 0.3 is 0 Å². The lowest BCUT2D eigenvalue weighted by molar-refractivity contribution is -0.119. The van der Waals surface area contributed by atoms with Crippen molar-refractivity contribution in [3.05, 3.63) is 12.3 Å². The maximum Gasteiger partial charge on any atom is 0.229 e. The van der Waals surface area contributed by atoms with Crippen LogP contribution >= 0.6 is 12.4 Å². The molecule has 2 rings (SSSR count). The summed E-state index contributed by atoms with van der Waals surface area (Å²) in [5.41, 5.74) is 0. The average Bonchev–Trinajstić information content (AvgIpc) is 2.87. The van der Waals surface area contributed by atoms with Crippen LogP contribution < -0.4 is 10.6 Å². The van der Waals surface area contributed by atoms with Crippen LogP contribution in [0.1, 0.15) is 13.3 Å². The molecule has 0 radical (unpaired) electrons. The number of hydrogen-bond donors (Lipinski definition) is 2. The van der Waals surface area contributed by atoms with E-state index >= 15 is 0 Å². The molecule has 0 aromatic carbocycles. The average molecular weight is 245 g/mol. The molecule has 1 aliphatic rings. The van der Waals surface area contributed by atoms with Crippen LogP contribution in [0, 0.1) is 5.92 Å². The number of nitrogens with one attached hydrogen (secondary N) is 2. The normalized spacial score (nSPS) is 19.2. The van der Waals surface area contributed by atoms with E-state index in [2.05, 4.69) is 15.7 Å². The molecule has 2 heterocycles. The van der Waals surface area contributed by atoms with Crippen LogP contribution in [0.15, 0.2) is 12.3 Å². The Morgan fingerprint density at radius 1 is 1.75 bits per heavy atom. The summed E-state index contributed by atoms with van der Waals surface area (Å²) in [5.74, 6) is 0.981. The van der Waals surface area contributed by atoms with Crippen molar-refractivity contribution in [3.63, 3.8) is 0 Å². The van der Waals surface area contributed by atoms with Crippen molar-refractivity contribution in [1.82, 2.24) is 15.1 Å². The molecular weight excluding hydrogens is 228 g/mol. The van der Waals surface area contributed by atoms with E-state index in [1.54, 1.807) is 10.9 Å². The predicted molar refractivity (Wildman–Crippen MR) is 64.8 cm³/mol. The summed E-state index contributed by atoms with van der Waals surface area (Å²) >= 11 is 0. The third-order valence-corrected chi connectivity index (χ3v) is 2.70. The third kappa shape index (κ3) is 2.74. The lowest BCUT2D eigenvalue weighted by atomic mass is 10.1. The van der Waals surface area contributed by atoms with Crippen LogP contribution in [-0.4, -0.2) is 28.8 Å². The van der Waals surface area contributed by atoms with Gasteiger partial charge in [0.05, 0.1) is 12.1 Å². The van der Waals surface area contributed by atoms with Gasteiger partial charge < -0.3 is 10.6 Å². The van der Waals surface area contributed by atoms with E-state index < -0.39 is 0 Å². The highest BCUT2D eigenvalue weighted by atomic mass is 35.5. The first-order valence-corrected chi connectivity index (χ1v) is 5.34. The summed E-state index contributed by atoms with van der Waals surface area (Å²) in [7, 11) is 0. The molecule has 0 saturated carbocycles. The molecule has 1 aromatic rings. The van der Waals surface area contributed by atoms with Crippen molar-refractivity contribution in [2.24, 2.45) is 5.92 Å². The van der Waals surface area contributed by atoms with Crippen molar-refractivity contribution in [2.75, 3.05) is 18.4 Å². The maximum absolute atomic E-state index is 11.8. The predicted octanol–water partition coefficient (Wildman–Crippen LogP) is 0.873. The van der Waals surface area contributed by atoms with Crippen LogP contribution in [0.2, 0.25) is 0 Å². The van der Waals surface area contributed by atoms with Crippen molar-refractivity contribution in [3.8, 4) is 0 Å². The fourth-order valence-electron chi connectivity index (χ4n) is 1.80. The molecule has 6 heteroatoms. The van der Waals surface area contributed by atoms with E-state index in [1.165, 1.54) is 0 Å². The molecule has 1 atom stereocenters. The van der Waals surface area contributed by atoms with Gasteiger partial charge in [0.15, 0.2) is 0 Å². The SMILES string of the molecule is CCn1nccc1NC(=O)C1CCNC1.Cl. The molecule has 16 heavy (non-hydrogen) atoms. The zero-order chi connectivity index (χ0) is 10.7. The van der Waals surface area contributed by atoms with Crippen molar-refractivity contribution in [2.45, 2.75) is 19.9 Å². The van der Waals surface area contributed by atoms with Crippen molar-refractivity contribution >= 4 is 24.1 Å². The van der Waals surface area contributed by atoms with Gasteiger partial charge in [-0.1, -0.05) is 0 Å². The van der Waals surface area contributed by atoms with Gasteiger partial charge in [0, 0.05) is 19.2 Å². The summed E-state index contributed by atoms with van der Waals surface area (Å²) in [6.07, 6.45) is 2.62. The minimum absolute atomic E-state index is 0. The highest BCUT2D eigenvalue weighted by molar-refractivity contribution is 5.92. The van der Waals surface area contributed by atoms with Gasteiger partial charge in [-0.05, 0) is 19.9 Å². The Morgan fingerprint density at radius 3 is 3.19 bits per heavy atom. The maximum atomic E-state index is 11.8. The third-order valence-electron chi connectivity index (χ3n) is 2.70. The minimum atomic E-state index is 0. The van der Waals surface area contributed by atoms with E-state index in [9.17, 15) is 4.79 Å². The number of carbonyl (C=O) groups is 1. The highest BCUT2D eigenvalue weighted by Gasteiger charge is 2.22. The molecule has 5 nitrogen and oxygen atoms in total. The summed E-state index contributed by atoms with van der Waals surface area (Å²) in [5, 5.41) is 10.2. The van der Waals surface area contributed by atoms with Gasteiger partial charge in [0.1, 0.15) is 5.82 Å². The molecule has 90 valence electrons. The molecule has 1 fully saturated rings. The number of aromatic nitrogens is 2. The van der Waals surface area contributed by atoms with Gasteiger partial charge in [-0.3, -0.25) is 4.79 Å². The van der Waals surface area contributed by atoms with Gasteiger partial charge in [0.25, 0.3) is 0 Å². The first kappa shape index (κ1) is 13.0. The molecule has 1 saturated heterocycles. The monoisotopic (exact) mass is 244 g/mol. The molecule has 1 aliphatic heterocycles. The Labute approximate surface area is 101 Å². The Kier molecular flexibility index (Phi) is 4.76. The molecular formula is C10H17ClN4O. The molecule has 1 aromatic heterocycles. The minimum Gasteiger partial charge on any atom is -0.316 e. The molecule has 0 spiro atoms. The number of aryl methyl sites for hydroxylation is 1. The van der Waals surface area contributed by atoms with Crippen LogP contribution in [-0.2, 0) is 11.3 Å². The lowest BCUT2D eigenvalue weighted by Gasteiger charge is -2.10. The highest BCUT2D eigenvalue weighted by Crippen LogP contribution is 2.12. The Morgan fingerprint density at radius 2 is 2.56 bits per heavy atom. The smallest absolute Gasteiger partial charge is 0.229 e. The van der Waals surface area contributed by atoms with E-state index in [0.717, 1.165) is 31.9 Å². The van der Waals surface area contributed by atoms with E-state index in [4.69, 9.17) is 0 Å². The van der Waals surface area contributed by atoms with Crippen LogP contribution in [0.4, 0.5) is 5.82 Å². The van der Waals surface area contributed by atoms with E-state index in [1.807, 2.05) is 13.0 Å². The topological polar surface area (TPSA) is 59.0 Å². The Hall–Kier alpha value is -1.07. The number of nitrogens with zero attached hydrogens (tertiary/aromatic N) is 2. The fraction of sp³-hybridized carbons (Fsp3) is 0.600. The van der Waals surface area contributed by atoms with Gasteiger partial charge in [-0.25, -0.2) is 4.68 Å². The largest absolute Gasteiger partial charge is 0.316 e. The number of halogens is 1. The first-order valence-electron chi connectivity index (χ1n) is 5.34. The van der Waals surface area contributed by atoms with Crippen LogP contribution in [0.5, 0.6) is 0 Å². The molecule has 1 amide bonds. The number of rotatable bonds is 3. The van der Waals surface area contributed by atoms with E-state index in [0.29, 0.717) is 0 Å². The molecule has 0 aliphatic carbocycles. The summed E-state index contributed by atoms with van der Waals surface area (Å²) in [6.45, 7) is 4.49. The number of anilines is 1. The second kappa shape index (κ2) is 5.86. The first-order chi connectivity index (χ1) is 7.31. The van der Waals surface area contributed by atoms with Gasteiger partial charge in [-0.15, -0.1) is 12.4 Å². The summed E-state index contributed by atoms with van der Waals surface area (Å²) in [4.78, 5) is 11.8. The standard InChI is InChI=1S/C10H16N4O.ClH/c1-2-14-9(4-6-12-14)13-10(15)8-3-5-11-7-8;/h4,6,8,11H,2-3,5,7H2,1H3,(H,13,15);1H. The number of amides is 1. The van der Waals surface area contributed by atoms with Crippen molar-refractivity contribution < 1.29 is 4.79 Å². The van der Waals surface area contributed by atoms with Gasteiger partial charge in [-0.2, -0.15) is 5.10 Å². The van der Waals surface area contributed by atoms with E-state index in [-0.39, 0.29) is 24.2 Å². The van der Waals surface area contributed by atoms with Crippen LogP contribution in [0.25, 0.3) is 0 Å². The zero-order valence-corrected chi connectivity index (χ0v) is 10.1. The van der Waals surface area contributed by atoms with Gasteiger partial charge in [0.2, 0.25) is 5.91 Å². The molecule has 2 N–H and O–H groups in total. The number of carbonyl (C=O) groups excluding carboxylic acids is 1. The number of hydrogen-bond acceptors (Lipinski definition) is 3. The zero-order valence-electron chi connectivity index (χ0n) is 9.27. The summed E-state index contributed by atoms with van der Waals surface area (Å²) < 4.78 is 1.78. The van der Waals surface area contributed by atoms with Crippen molar-refractivity contribution in [1.29, 1.82) is 0 Å². The summed E-state index contributed by atoms with van der Waals surface area (Å²) in [6, 6.07) is 1.82. The second-order valence-electron chi connectivity index (χ2n) is 3.71. The lowest BCUT2D eigenvalue weighted by Crippen LogP contribution is -2.25. The Bertz CT molecular complexity index is 346. The quantitative estimate of drug-likeness (QED) is 0.830. The Balaban J connectivity index is 0.00000128. The molecule has 1 unspecified atom stereocenters. The van der Waals surface area contributed by atoms with Crippen LogP contribution in [0.3, 0.4) is 0 Å². The fourth-order valence-corrected chi connectivity index (χ4v) is 1.80. The molecule has 0 bridgehead atoms.